The summed E-state index contributed by atoms with van der Waals surface area (Å²) >= 11 is 6.11. The second kappa shape index (κ2) is 13.6. The highest BCUT2D eigenvalue weighted by atomic mass is 35.5. The highest BCUT2D eigenvalue weighted by Gasteiger charge is 2.26. The molecule has 3 N–H and O–H groups in total. The van der Waals surface area contributed by atoms with Gasteiger partial charge in [-0.1, -0.05) is 30.7 Å². The number of ether oxygens (including phenoxy) is 2. The predicted molar refractivity (Wildman–Crippen MR) is 178 cm³/mol. The number of hydrogen-bond donors (Lipinski definition) is 3. The molecule has 1 saturated carbocycles. The third-order valence-corrected chi connectivity index (χ3v) is 9.34. The second-order valence-corrected chi connectivity index (χ2v) is 14.1. The normalized spacial score (nSPS) is 16.9. The number of aryl methyl sites for hydroxylation is 1. The van der Waals surface area contributed by atoms with E-state index in [1.807, 2.05) is 33.8 Å². The van der Waals surface area contributed by atoms with Crippen LogP contribution >= 0.6 is 11.6 Å². The zero-order valence-corrected chi connectivity index (χ0v) is 28.0. The third kappa shape index (κ3) is 7.94. The first-order chi connectivity index (χ1) is 21.8. The number of hydrogen-bond acceptors (Lipinski definition) is 10. The molecule has 12 nitrogen and oxygen atoms in total. The van der Waals surface area contributed by atoms with Crippen LogP contribution in [0.25, 0.3) is 22.3 Å². The van der Waals surface area contributed by atoms with Crippen molar-refractivity contribution in [3.63, 3.8) is 0 Å². The van der Waals surface area contributed by atoms with Crippen LogP contribution in [-0.2, 0) is 21.2 Å². The van der Waals surface area contributed by atoms with Crippen molar-refractivity contribution in [1.82, 2.24) is 25.3 Å². The Morgan fingerprint density at radius 1 is 1.02 bits per heavy atom. The first-order valence-electron chi connectivity index (χ1n) is 15.1. The molecule has 0 bridgehead atoms. The van der Waals surface area contributed by atoms with Crippen LogP contribution in [0, 0.1) is 0 Å². The van der Waals surface area contributed by atoms with Gasteiger partial charge in [0.15, 0.2) is 0 Å². The molecule has 244 valence electrons. The minimum atomic E-state index is -3.97. The van der Waals surface area contributed by atoms with Crippen LogP contribution < -0.4 is 20.1 Å². The monoisotopic (exact) mass is 667 g/mol. The fourth-order valence-electron chi connectivity index (χ4n) is 5.31. The maximum Gasteiger partial charge on any atom is 0.407 e. The van der Waals surface area contributed by atoms with Crippen LogP contribution in [-0.4, -0.2) is 59.2 Å². The van der Waals surface area contributed by atoms with Crippen molar-refractivity contribution in [2.24, 2.45) is 0 Å². The lowest BCUT2D eigenvalue weighted by molar-refractivity contribution is 0.0492. The van der Waals surface area contributed by atoms with E-state index in [1.165, 1.54) is 19.2 Å². The van der Waals surface area contributed by atoms with E-state index in [1.54, 1.807) is 30.5 Å². The molecule has 14 heteroatoms. The Hall–Kier alpha value is -4.23. The highest BCUT2D eigenvalue weighted by molar-refractivity contribution is 7.92. The number of fused-ring (bicyclic) bond motifs is 1. The summed E-state index contributed by atoms with van der Waals surface area (Å²) in [5.41, 5.74) is 2.95. The van der Waals surface area contributed by atoms with Crippen LogP contribution in [0.5, 0.6) is 5.88 Å². The van der Waals surface area contributed by atoms with Gasteiger partial charge in [0.2, 0.25) is 11.8 Å². The standard InChI is InChI=1S/C32H38ClN7O5S/c1-6-19-17-24(22-15-16-27(38-29(22)44-5)40-46(42,43)26-10-8-7-9-23(26)33)37-25-18-34-30(39-28(19)25)35-20-11-13-21(14-12-20)36-31(41)45-32(2,3)4/h7-10,15-18,20-21H,6,11-14H2,1-5H3,(H,36,41)(H,38,40)(H,34,35,39)/t20-,21-. The number of amides is 1. The number of anilines is 2. The zero-order valence-electron chi connectivity index (χ0n) is 26.4. The fourth-order valence-corrected chi connectivity index (χ4v) is 6.83. The number of methoxy groups -OCH3 is 1. The van der Waals surface area contributed by atoms with Crippen LogP contribution in [0.3, 0.4) is 0 Å². The molecule has 0 saturated heterocycles. The second-order valence-electron chi connectivity index (χ2n) is 12.1. The van der Waals surface area contributed by atoms with Crippen molar-refractivity contribution < 1.29 is 22.7 Å². The Morgan fingerprint density at radius 3 is 2.41 bits per heavy atom. The first-order valence-corrected chi connectivity index (χ1v) is 17.0. The van der Waals surface area contributed by atoms with E-state index in [-0.39, 0.29) is 39.8 Å². The Bertz CT molecular complexity index is 1840. The lowest BCUT2D eigenvalue weighted by Crippen LogP contribution is -2.42. The van der Waals surface area contributed by atoms with E-state index in [9.17, 15) is 13.2 Å². The van der Waals surface area contributed by atoms with E-state index < -0.39 is 15.6 Å². The summed E-state index contributed by atoms with van der Waals surface area (Å²) in [5.74, 6) is 0.796. The van der Waals surface area contributed by atoms with Gasteiger partial charge in [-0.25, -0.2) is 28.2 Å². The van der Waals surface area contributed by atoms with Crippen LogP contribution in [0.15, 0.2) is 53.6 Å². The van der Waals surface area contributed by atoms with Crippen molar-refractivity contribution in [2.75, 3.05) is 17.1 Å². The number of pyridine rings is 2. The summed E-state index contributed by atoms with van der Waals surface area (Å²) in [4.78, 5) is 30.6. The fraction of sp³-hybridized carbons (Fsp3) is 0.406. The van der Waals surface area contributed by atoms with E-state index in [0.717, 1.165) is 36.8 Å². The number of benzene rings is 1. The van der Waals surface area contributed by atoms with Crippen molar-refractivity contribution in [1.29, 1.82) is 0 Å². The van der Waals surface area contributed by atoms with Crippen molar-refractivity contribution in [3.05, 3.63) is 59.2 Å². The van der Waals surface area contributed by atoms with Gasteiger partial charge in [-0.2, -0.15) is 4.98 Å². The van der Waals surface area contributed by atoms with E-state index >= 15 is 0 Å². The van der Waals surface area contributed by atoms with Crippen molar-refractivity contribution in [2.45, 2.75) is 82.4 Å². The number of halogens is 1. The molecule has 1 aromatic carbocycles. The summed E-state index contributed by atoms with van der Waals surface area (Å²) < 4.78 is 39.2. The lowest BCUT2D eigenvalue weighted by Gasteiger charge is -2.30. The van der Waals surface area contributed by atoms with Gasteiger partial charge in [0, 0.05) is 12.1 Å². The summed E-state index contributed by atoms with van der Waals surface area (Å²) in [6, 6.07) is 11.6. The molecule has 1 amide bonds. The summed E-state index contributed by atoms with van der Waals surface area (Å²) in [7, 11) is -2.51. The number of alkyl carbamates (subject to hydrolysis) is 1. The zero-order chi connectivity index (χ0) is 33.1. The van der Waals surface area contributed by atoms with Gasteiger partial charge in [0.1, 0.15) is 21.8 Å². The molecule has 3 aromatic heterocycles. The molecule has 5 rings (SSSR count). The molecule has 4 aromatic rings. The molecule has 0 atom stereocenters. The molecule has 1 fully saturated rings. The average molecular weight is 668 g/mol. The molecule has 1 aliphatic rings. The minimum absolute atomic E-state index is 0.0537. The number of nitrogens with zero attached hydrogens (tertiary/aromatic N) is 4. The number of carbonyl (C=O) groups is 1. The molecular formula is C32H38ClN7O5S. The molecule has 46 heavy (non-hydrogen) atoms. The number of aromatic nitrogens is 4. The quantitative estimate of drug-likeness (QED) is 0.183. The van der Waals surface area contributed by atoms with Gasteiger partial charge >= 0.3 is 6.09 Å². The average Bonchev–Trinajstić information content (AvgIpc) is 3.00. The molecule has 3 heterocycles. The SMILES string of the molecule is CCc1cc(-c2ccc(NS(=O)(=O)c3ccccc3Cl)nc2OC)nc2cnc(N[C@H]3CC[C@H](NC(=O)OC(C)(C)C)CC3)nc12. The smallest absolute Gasteiger partial charge is 0.407 e. The molecular weight excluding hydrogens is 630 g/mol. The van der Waals surface area contributed by atoms with Gasteiger partial charge in [0.05, 0.1) is 35.1 Å². The van der Waals surface area contributed by atoms with Crippen LogP contribution in [0.2, 0.25) is 5.02 Å². The van der Waals surface area contributed by atoms with Crippen LogP contribution in [0.4, 0.5) is 16.6 Å². The van der Waals surface area contributed by atoms with E-state index in [0.29, 0.717) is 29.1 Å². The van der Waals surface area contributed by atoms with Crippen molar-refractivity contribution >= 4 is 50.5 Å². The molecule has 1 aliphatic carbocycles. The number of rotatable bonds is 9. The molecule has 0 radical (unpaired) electrons. The number of sulfonamides is 1. The first kappa shape index (κ1) is 33.1. The Balaban J connectivity index is 1.31. The van der Waals surface area contributed by atoms with Gasteiger partial charge in [-0.05, 0) is 88.8 Å². The Kier molecular flexibility index (Phi) is 9.82. The molecule has 0 unspecified atom stereocenters. The lowest BCUT2D eigenvalue weighted by atomic mass is 9.91. The Labute approximate surface area is 273 Å². The summed E-state index contributed by atoms with van der Waals surface area (Å²) in [6.45, 7) is 7.58. The number of nitrogens with one attached hydrogen (secondary N) is 3. The highest BCUT2D eigenvalue weighted by Crippen LogP contribution is 2.33. The van der Waals surface area contributed by atoms with E-state index in [2.05, 4.69) is 25.3 Å². The largest absolute Gasteiger partial charge is 0.480 e. The van der Waals surface area contributed by atoms with Gasteiger partial charge in [0.25, 0.3) is 10.0 Å². The summed E-state index contributed by atoms with van der Waals surface area (Å²) in [5, 5.41) is 6.53. The summed E-state index contributed by atoms with van der Waals surface area (Å²) in [6.07, 6.45) is 5.36. The van der Waals surface area contributed by atoms with Crippen molar-refractivity contribution in [3.8, 4) is 17.1 Å². The van der Waals surface area contributed by atoms with E-state index in [4.69, 9.17) is 31.0 Å². The molecule has 0 spiro atoms. The number of carbonyl (C=O) groups excluding carboxylic acids is 1. The minimum Gasteiger partial charge on any atom is -0.480 e. The Morgan fingerprint density at radius 2 is 1.74 bits per heavy atom. The van der Waals surface area contributed by atoms with Gasteiger partial charge < -0.3 is 20.1 Å². The predicted octanol–water partition coefficient (Wildman–Crippen LogP) is 6.36. The van der Waals surface area contributed by atoms with Gasteiger partial charge in [-0.15, -0.1) is 0 Å². The third-order valence-electron chi connectivity index (χ3n) is 7.48. The maximum atomic E-state index is 12.9. The molecule has 0 aliphatic heterocycles. The topological polar surface area (TPSA) is 157 Å². The van der Waals surface area contributed by atoms with Gasteiger partial charge in [-0.3, -0.25) is 4.72 Å². The van der Waals surface area contributed by atoms with Crippen LogP contribution in [0.1, 0.15) is 58.9 Å². The maximum absolute atomic E-state index is 12.9.